The fourth-order valence-electron chi connectivity index (χ4n) is 5.98. The fourth-order valence-corrected chi connectivity index (χ4v) is 5.98. The Morgan fingerprint density at radius 1 is 0.944 bits per heavy atom. The van der Waals surface area contributed by atoms with E-state index in [9.17, 15) is 9.18 Å². The molecule has 0 bridgehead atoms. The molecule has 1 aliphatic heterocycles. The third-order valence-electron chi connectivity index (χ3n) is 7.90. The summed E-state index contributed by atoms with van der Waals surface area (Å²) >= 11 is 0. The Labute approximate surface area is 210 Å². The topological polar surface area (TPSA) is 39.4 Å². The Kier molecular flexibility index (Phi) is 5.82. The van der Waals surface area contributed by atoms with Crippen molar-refractivity contribution in [1.82, 2.24) is 9.13 Å². The number of aryl methyl sites for hydroxylation is 1. The lowest BCUT2D eigenvalue weighted by atomic mass is 10.0. The molecule has 0 radical (unpaired) electrons. The van der Waals surface area contributed by atoms with E-state index in [0.717, 1.165) is 29.4 Å². The number of piperidine rings is 1. The van der Waals surface area contributed by atoms with Gasteiger partial charge in [0.15, 0.2) is 0 Å². The van der Waals surface area contributed by atoms with E-state index in [0.29, 0.717) is 37.0 Å². The largest absolute Gasteiger partial charge is 0.494 e. The van der Waals surface area contributed by atoms with Crippen molar-refractivity contribution in [2.75, 3.05) is 25.1 Å². The first kappa shape index (κ1) is 22.9. The van der Waals surface area contributed by atoms with E-state index in [1.54, 1.807) is 13.2 Å². The number of hydrogen-bond donors (Lipinski definition) is 0. The molecule has 0 atom stereocenters. The lowest BCUT2D eigenvalue weighted by molar-refractivity contribution is 0.390. The van der Waals surface area contributed by atoms with Gasteiger partial charge in [0.25, 0.3) is 0 Å². The van der Waals surface area contributed by atoms with E-state index in [2.05, 4.69) is 29.2 Å². The summed E-state index contributed by atoms with van der Waals surface area (Å²) in [5, 5.41) is 0. The molecule has 6 rings (SSSR count). The predicted molar refractivity (Wildman–Crippen MR) is 142 cm³/mol. The number of aromatic nitrogens is 2. The number of methoxy groups -OCH3 is 1. The number of halogens is 1. The highest BCUT2D eigenvalue weighted by Crippen LogP contribution is 2.42. The van der Waals surface area contributed by atoms with Gasteiger partial charge in [-0.2, -0.15) is 0 Å². The maximum absolute atomic E-state index is 14.6. The molecule has 0 unspecified atom stereocenters. The van der Waals surface area contributed by atoms with E-state index in [1.165, 1.54) is 30.0 Å². The molecule has 2 aliphatic rings. The summed E-state index contributed by atoms with van der Waals surface area (Å²) in [6.45, 7) is 3.90. The van der Waals surface area contributed by atoms with Crippen LogP contribution in [0.1, 0.15) is 54.3 Å². The normalized spacial score (nSPS) is 16.6. The summed E-state index contributed by atoms with van der Waals surface area (Å²) in [6, 6.07) is 19.7. The third kappa shape index (κ3) is 3.89. The van der Waals surface area contributed by atoms with Crippen LogP contribution >= 0.6 is 0 Å². The lowest BCUT2D eigenvalue weighted by Crippen LogP contribution is -2.38. The van der Waals surface area contributed by atoms with Gasteiger partial charge in [0.2, 0.25) is 0 Å². The minimum Gasteiger partial charge on any atom is -0.494 e. The maximum atomic E-state index is 14.6. The second-order valence-electron chi connectivity index (χ2n) is 10.2. The summed E-state index contributed by atoms with van der Waals surface area (Å²) in [5.74, 6) is 1.14. The van der Waals surface area contributed by atoms with E-state index in [-0.39, 0.29) is 17.5 Å². The number of hydrogen-bond acceptors (Lipinski definition) is 3. The van der Waals surface area contributed by atoms with Crippen LogP contribution in [0.5, 0.6) is 5.75 Å². The number of ether oxygens (including phenoxy) is 1. The van der Waals surface area contributed by atoms with Crippen molar-refractivity contribution >= 4 is 16.7 Å². The molecule has 1 aromatic heterocycles. The molecule has 1 saturated carbocycles. The number of nitrogens with zero attached hydrogens (tertiary/aromatic N) is 3. The summed E-state index contributed by atoms with van der Waals surface area (Å²) < 4.78 is 24.2. The van der Waals surface area contributed by atoms with Crippen molar-refractivity contribution in [1.29, 1.82) is 0 Å². The molecular weight excluding hydrogens is 453 g/mol. The first-order chi connectivity index (χ1) is 17.6. The fraction of sp³-hybridized carbons (Fsp3) is 0.367. The van der Waals surface area contributed by atoms with Crippen LogP contribution in [0.2, 0.25) is 0 Å². The molecule has 5 nitrogen and oxygen atoms in total. The molecule has 2 heterocycles. The molecule has 0 amide bonds. The van der Waals surface area contributed by atoms with Crippen molar-refractivity contribution in [2.24, 2.45) is 0 Å². The number of imidazole rings is 1. The quantitative estimate of drug-likeness (QED) is 0.335. The molecule has 2 fully saturated rings. The van der Waals surface area contributed by atoms with Gasteiger partial charge in [-0.1, -0.05) is 42.5 Å². The van der Waals surface area contributed by atoms with Gasteiger partial charge < -0.3 is 9.64 Å². The average molecular weight is 486 g/mol. The molecular formula is C30H32FN3O2. The van der Waals surface area contributed by atoms with Gasteiger partial charge >= 0.3 is 5.69 Å². The van der Waals surface area contributed by atoms with Crippen LogP contribution in [0.3, 0.4) is 0 Å². The van der Waals surface area contributed by atoms with Crippen LogP contribution in [0.4, 0.5) is 10.1 Å². The molecule has 186 valence electrons. The van der Waals surface area contributed by atoms with E-state index < -0.39 is 0 Å². The Morgan fingerprint density at radius 2 is 1.69 bits per heavy atom. The zero-order valence-electron chi connectivity index (χ0n) is 20.9. The van der Waals surface area contributed by atoms with Gasteiger partial charge in [0.1, 0.15) is 17.1 Å². The average Bonchev–Trinajstić information content (AvgIpc) is 3.70. The summed E-state index contributed by atoms with van der Waals surface area (Å²) in [5.41, 5.74) is 5.95. The van der Waals surface area contributed by atoms with Crippen LogP contribution in [0.25, 0.3) is 11.0 Å². The highest BCUT2D eigenvalue weighted by Gasteiger charge is 2.29. The van der Waals surface area contributed by atoms with Crippen molar-refractivity contribution in [3.05, 3.63) is 93.7 Å². The molecule has 0 N–H and O–H groups in total. The smallest absolute Gasteiger partial charge is 0.329 e. The minimum atomic E-state index is -0.179. The number of para-hydroxylation sites is 2. The minimum absolute atomic E-state index is 0.000576. The molecule has 0 spiro atoms. The lowest BCUT2D eigenvalue weighted by Gasteiger charge is -2.35. The van der Waals surface area contributed by atoms with Crippen LogP contribution in [-0.2, 0) is 6.54 Å². The van der Waals surface area contributed by atoms with Crippen LogP contribution in [0, 0.1) is 12.7 Å². The van der Waals surface area contributed by atoms with Gasteiger partial charge in [-0.15, -0.1) is 0 Å². The van der Waals surface area contributed by atoms with E-state index in [4.69, 9.17) is 4.74 Å². The second kappa shape index (κ2) is 9.16. The molecule has 4 aromatic rings. The predicted octanol–water partition coefficient (Wildman–Crippen LogP) is 6.03. The van der Waals surface area contributed by atoms with Crippen LogP contribution in [-0.4, -0.2) is 29.3 Å². The first-order valence-electron chi connectivity index (χ1n) is 12.9. The second-order valence-corrected chi connectivity index (χ2v) is 10.2. The standard InChI is InChI=1S/C30H32FN3O2/c1-20-7-5-10-25(31)28(20)32-17-15-23(16-18-32)34-26-11-6-12-27(36-2)29(26)33(30(34)35)19-22-8-3-4-9-24(22)21-13-14-21/h3-12,21,23H,13-19H2,1-2H3. The Bertz CT molecular complexity index is 1460. The van der Waals surface area contributed by atoms with Gasteiger partial charge in [-0.3, -0.25) is 9.13 Å². The highest BCUT2D eigenvalue weighted by molar-refractivity contribution is 5.83. The van der Waals surface area contributed by atoms with Gasteiger partial charge in [-0.25, -0.2) is 9.18 Å². The van der Waals surface area contributed by atoms with Gasteiger partial charge in [0, 0.05) is 19.1 Å². The SMILES string of the molecule is COc1cccc2c1n(Cc1ccccc1C1CC1)c(=O)n2C1CCN(c2c(C)cccc2F)CC1. The Morgan fingerprint density at radius 3 is 2.42 bits per heavy atom. The van der Waals surface area contributed by atoms with Crippen LogP contribution < -0.4 is 15.3 Å². The number of rotatable bonds is 6. The third-order valence-corrected chi connectivity index (χ3v) is 7.90. The summed E-state index contributed by atoms with van der Waals surface area (Å²) in [6.07, 6.45) is 4.00. The van der Waals surface area contributed by atoms with E-state index >= 15 is 0 Å². The number of benzene rings is 3. The van der Waals surface area contributed by atoms with Crippen molar-refractivity contribution in [2.45, 2.75) is 51.1 Å². The highest BCUT2D eigenvalue weighted by atomic mass is 19.1. The molecule has 3 aromatic carbocycles. The molecule has 6 heteroatoms. The first-order valence-corrected chi connectivity index (χ1v) is 12.9. The zero-order valence-corrected chi connectivity index (χ0v) is 20.9. The van der Waals surface area contributed by atoms with E-state index in [1.807, 2.05) is 40.3 Å². The Balaban J connectivity index is 1.37. The van der Waals surface area contributed by atoms with Crippen molar-refractivity contribution in [3.63, 3.8) is 0 Å². The molecule has 36 heavy (non-hydrogen) atoms. The molecule has 1 aliphatic carbocycles. The Hall–Kier alpha value is -3.54. The van der Waals surface area contributed by atoms with Crippen LogP contribution in [0.15, 0.2) is 65.5 Å². The molecule has 1 saturated heterocycles. The van der Waals surface area contributed by atoms with Crippen molar-refractivity contribution < 1.29 is 9.13 Å². The van der Waals surface area contributed by atoms with Crippen molar-refractivity contribution in [3.8, 4) is 5.75 Å². The number of anilines is 1. The van der Waals surface area contributed by atoms with Gasteiger partial charge in [-0.05, 0) is 73.4 Å². The zero-order chi connectivity index (χ0) is 24.8. The maximum Gasteiger partial charge on any atom is 0.329 e. The monoisotopic (exact) mass is 485 g/mol. The summed E-state index contributed by atoms with van der Waals surface area (Å²) in [7, 11) is 1.66. The number of fused-ring (bicyclic) bond motifs is 1. The summed E-state index contributed by atoms with van der Waals surface area (Å²) in [4.78, 5) is 16.1. The van der Waals surface area contributed by atoms with Gasteiger partial charge in [0.05, 0.1) is 24.9 Å².